The summed E-state index contributed by atoms with van der Waals surface area (Å²) in [6, 6.07) is 5.12. The normalized spacial score (nSPS) is 13.9. The van der Waals surface area contributed by atoms with Crippen LogP contribution >= 0.6 is 34.5 Å². The number of rotatable bonds is 4. The van der Waals surface area contributed by atoms with E-state index in [9.17, 15) is 4.79 Å². The third-order valence-electron chi connectivity index (χ3n) is 4.03. The van der Waals surface area contributed by atoms with Crippen LogP contribution in [0.5, 0.6) is 0 Å². The maximum Gasteiger partial charge on any atom is 0.263 e. The van der Waals surface area contributed by atoms with Gasteiger partial charge in [-0.25, -0.2) is 4.98 Å². The molecule has 0 radical (unpaired) electrons. The van der Waals surface area contributed by atoms with E-state index in [4.69, 9.17) is 27.7 Å². The number of anilines is 1. The van der Waals surface area contributed by atoms with Gasteiger partial charge in [0.15, 0.2) is 5.13 Å². The minimum absolute atomic E-state index is 0.304. The number of aryl methyl sites for hydroxylation is 1. The number of carbonyl (C=O) groups is 1. The fourth-order valence-electron chi connectivity index (χ4n) is 2.60. The Kier molecular flexibility index (Phi) is 4.27. The lowest BCUT2D eigenvalue weighted by Crippen LogP contribution is -2.13. The van der Waals surface area contributed by atoms with Gasteiger partial charge in [0.2, 0.25) is 0 Å². The minimum atomic E-state index is -0.346. The van der Waals surface area contributed by atoms with Gasteiger partial charge in [-0.3, -0.25) is 10.1 Å². The van der Waals surface area contributed by atoms with Crippen molar-refractivity contribution in [2.75, 3.05) is 5.32 Å². The van der Waals surface area contributed by atoms with E-state index in [0.29, 0.717) is 43.7 Å². The summed E-state index contributed by atoms with van der Waals surface area (Å²) >= 11 is 13.9. The second-order valence-electron chi connectivity index (χ2n) is 5.86. The highest BCUT2D eigenvalue weighted by atomic mass is 35.5. The summed E-state index contributed by atoms with van der Waals surface area (Å²) in [5, 5.41) is 10.2. The van der Waals surface area contributed by atoms with E-state index in [1.807, 2.05) is 5.38 Å². The molecule has 1 aliphatic carbocycles. The van der Waals surface area contributed by atoms with E-state index < -0.39 is 0 Å². The van der Waals surface area contributed by atoms with Gasteiger partial charge in [0.05, 0.1) is 15.7 Å². The fourth-order valence-corrected chi connectivity index (χ4v) is 3.97. The molecular weight excluding hydrogens is 381 g/mol. The quantitative estimate of drug-likeness (QED) is 0.631. The number of nitrogens with zero attached hydrogens (tertiary/aromatic N) is 2. The van der Waals surface area contributed by atoms with E-state index in [0.717, 1.165) is 18.5 Å². The molecule has 0 atom stereocenters. The Labute approximate surface area is 158 Å². The maximum atomic E-state index is 12.8. The molecule has 1 aliphatic rings. The van der Waals surface area contributed by atoms with Crippen molar-refractivity contribution in [2.24, 2.45) is 0 Å². The predicted octanol–water partition coefficient (Wildman–Crippen LogP) is 5.54. The molecule has 1 amide bonds. The van der Waals surface area contributed by atoms with Crippen LogP contribution in [-0.4, -0.2) is 16.0 Å². The molecule has 0 aliphatic heterocycles. The van der Waals surface area contributed by atoms with E-state index in [-0.39, 0.29) is 5.91 Å². The van der Waals surface area contributed by atoms with Crippen molar-refractivity contribution in [3.8, 4) is 11.3 Å². The first-order chi connectivity index (χ1) is 12.0. The van der Waals surface area contributed by atoms with Gasteiger partial charge in [0, 0.05) is 16.9 Å². The highest BCUT2D eigenvalue weighted by Crippen LogP contribution is 2.41. The summed E-state index contributed by atoms with van der Waals surface area (Å²) < 4.78 is 5.23. The molecule has 5 nitrogen and oxygen atoms in total. The monoisotopic (exact) mass is 393 g/mol. The van der Waals surface area contributed by atoms with Gasteiger partial charge in [-0.15, -0.1) is 11.3 Å². The van der Waals surface area contributed by atoms with E-state index in [1.54, 1.807) is 25.1 Å². The number of hydrogen-bond acceptors (Lipinski definition) is 5. The average Bonchev–Trinajstić information content (AvgIpc) is 3.20. The number of hydrogen-bond donors (Lipinski definition) is 1. The standard InChI is InChI=1S/C17H13Cl2N3O2S/c1-8-13(15(22-24-8)14-10(18)3-2-4-11(14)19)16(23)21-17-20-12(7-25-17)9-5-6-9/h2-4,7,9H,5-6H2,1H3,(H,20,21,23). The van der Waals surface area contributed by atoms with Crippen LogP contribution in [-0.2, 0) is 0 Å². The molecule has 25 heavy (non-hydrogen) atoms. The lowest BCUT2D eigenvalue weighted by molar-refractivity contribution is 0.102. The molecule has 3 aromatic rings. The Morgan fingerprint density at radius 1 is 1.32 bits per heavy atom. The molecule has 0 unspecified atom stereocenters. The zero-order chi connectivity index (χ0) is 17.6. The van der Waals surface area contributed by atoms with Crippen molar-refractivity contribution in [1.29, 1.82) is 0 Å². The number of amides is 1. The summed E-state index contributed by atoms with van der Waals surface area (Å²) in [5.74, 6) is 0.584. The molecule has 1 fully saturated rings. The molecule has 0 spiro atoms. The van der Waals surface area contributed by atoms with Gasteiger partial charge in [-0.1, -0.05) is 34.4 Å². The van der Waals surface area contributed by atoms with Gasteiger partial charge in [0.25, 0.3) is 5.91 Å². The Balaban J connectivity index is 1.67. The van der Waals surface area contributed by atoms with Crippen molar-refractivity contribution >= 4 is 45.6 Å². The van der Waals surface area contributed by atoms with Crippen molar-refractivity contribution in [1.82, 2.24) is 10.1 Å². The number of benzene rings is 1. The SMILES string of the molecule is Cc1onc(-c2c(Cl)cccc2Cl)c1C(=O)Nc1nc(C2CC2)cs1. The number of aromatic nitrogens is 2. The van der Waals surface area contributed by atoms with Crippen LogP contribution in [0.4, 0.5) is 5.13 Å². The third-order valence-corrected chi connectivity index (χ3v) is 5.43. The van der Waals surface area contributed by atoms with Crippen LogP contribution < -0.4 is 5.32 Å². The molecule has 4 rings (SSSR count). The Morgan fingerprint density at radius 3 is 2.72 bits per heavy atom. The van der Waals surface area contributed by atoms with Crippen LogP contribution in [0.15, 0.2) is 28.1 Å². The summed E-state index contributed by atoms with van der Waals surface area (Å²) in [5.41, 5.74) is 2.14. The molecule has 128 valence electrons. The van der Waals surface area contributed by atoms with Crippen molar-refractivity contribution in [3.63, 3.8) is 0 Å². The largest absolute Gasteiger partial charge is 0.360 e. The lowest BCUT2D eigenvalue weighted by atomic mass is 10.1. The van der Waals surface area contributed by atoms with Gasteiger partial charge in [-0.2, -0.15) is 0 Å². The number of halogens is 2. The minimum Gasteiger partial charge on any atom is -0.360 e. The average molecular weight is 394 g/mol. The van der Waals surface area contributed by atoms with Crippen LogP contribution in [0.25, 0.3) is 11.3 Å². The van der Waals surface area contributed by atoms with Gasteiger partial charge >= 0.3 is 0 Å². The first kappa shape index (κ1) is 16.6. The second-order valence-corrected chi connectivity index (χ2v) is 7.54. The molecule has 8 heteroatoms. The Morgan fingerprint density at radius 2 is 2.04 bits per heavy atom. The van der Waals surface area contributed by atoms with Crippen molar-refractivity contribution in [2.45, 2.75) is 25.7 Å². The fraction of sp³-hybridized carbons (Fsp3) is 0.235. The molecular formula is C17H13Cl2N3O2S. The highest BCUT2D eigenvalue weighted by Gasteiger charge is 2.28. The maximum absolute atomic E-state index is 12.8. The summed E-state index contributed by atoms with van der Waals surface area (Å²) in [6.07, 6.45) is 2.33. The van der Waals surface area contributed by atoms with Crippen LogP contribution in [0.3, 0.4) is 0 Å². The summed E-state index contributed by atoms with van der Waals surface area (Å²) in [7, 11) is 0. The second kappa shape index (κ2) is 6.44. The van der Waals surface area contributed by atoms with E-state index >= 15 is 0 Å². The van der Waals surface area contributed by atoms with Crippen molar-refractivity contribution < 1.29 is 9.32 Å². The lowest BCUT2D eigenvalue weighted by Gasteiger charge is -2.06. The summed E-state index contributed by atoms with van der Waals surface area (Å²) in [4.78, 5) is 17.2. The Bertz CT molecular complexity index is 942. The number of carbonyl (C=O) groups excluding carboxylic acids is 1. The molecule has 0 saturated heterocycles. The van der Waals surface area contributed by atoms with Gasteiger partial charge in [-0.05, 0) is 31.9 Å². The third kappa shape index (κ3) is 3.17. The highest BCUT2D eigenvalue weighted by molar-refractivity contribution is 7.14. The summed E-state index contributed by atoms with van der Waals surface area (Å²) in [6.45, 7) is 1.67. The van der Waals surface area contributed by atoms with Gasteiger partial charge < -0.3 is 4.52 Å². The molecule has 1 aromatic carbocycles. The first-order valence-electron chi connectivity index (χ1n) is 7.72. The van der Waals surface area contributed by atoms with Crippen LogP contribution in [0.1, 0.15) is 40.6 Å². The smallest absolute Gasteiger partial charge is 0.263 e. The predicted molar refractivity (Wildman–Crippen MR) is 98.7 cm³/mol. The Hall–Kier alpha value is -1.89. The zero-order valence-corrected chi connectivity index (χ0v) is 15.5. The van der Waals surface area contributed by atoms with E-state index in [1.165, 1.54) is 11.3 Å². The van der Waals surface area contributed by atoms with Gasteiger partial charge in [0.1, 0.15) is 17.0 Å². The van der Waals surface area contributed by atoms with Crippen molar-refractivity contribution in [3.05, 3.63) is 50.6 Å². The molecule has 2 heterocycles. The number of nitrogens with one attached hydrogen (secondary N) is 1. The van der Waals surface area contributed by atoms with Crippen LogP contribution in [0.2, 0.25) is 10.0 Å². The molecule has 0 bridgehead atoms. The van der Waals surface area contributed by atoms with E-state index in [2.05, 4.69) is 15.5 Å². The molecule has 1 N–H and O–H groups in total. The molecule has 1 saturated carbocycles. The zero-order valence-electron chi connectivity index (χ0n) is 13.2. The molecule has 2 aromatic heterocycles. The topological polar surface area (TPSA) is 68.0 Å². The first-order valence-corrected chi connectivity index (χ1v) is 9.35. The number of thiazole rings is 1. The van der Waals surface area contributed by atoms with Crippen LogP contribution in [0, 0.1) is 6.92 Å².